The summed E-state index contributed by atoms with van der Waals surface area (Å²) in [6, 6.07) is 13.8. The lowest BCUT2D eigenvalue weighted by Crippen LogP contribution is -2.08. The summed E-state index contributed by atoms with van der Waals surface area (Å²) in [6.45, 7) is 1.74. The van der Waals surface area contributed by atoms with Crippen molar-refractivity contribution in [2.45, 2.75) is 6.92 Å². The summed E-state index contributed by atoms with van der Waals surface area (Å²) in [6.07, 6.45) is 3.00. The molecule has 0 aliphatic carbocycles. The molecule has 0 amide bonds. The third-order valence-electron chi connectivity index (χ3n) is 3.61. The standard InChI is InChI=1S/C18H13N5O3/c1-12-21-17(26-22-12)13-5-7-14(8-6-13)18(24)25-16-4-2-3-15(9-16)23-11-19-10-20-23/h2-11H,1H3. The summed E-state index contributed by atoms with van der Waals surface area (Å²) in [5.41, 5.74) is 1.89. The number of carbonyl (C=O) groups excluding carboxylic acids is 1. The third kappa shape index (κ3) is 3.20. The van der Waals surface area contributed by atoms with E-state index < -0.39 is 5.97 Å². The first kappa shape index (κ1) is 15.7. The van der Waals surface area contributed by atoms with Gasteiger partial charge in [0.25, 0.3) is 5.89 Å². The average molecular weight is 347 g/mol. The number of hydrogen-bond donors (Lipinski definition) is 0. The molecule has 0 saturated carbocycles. The lowest BCUT2D eigenvalue weighted by molar-refractivity contribution is 0.0735. The van der Waals surface area contributed by atoms with E-state index in [1.807, 2.05) is 6.07 Å². The lowest BCUT2D eigenvalue weighted by atomic mass is 10.1. The second-order valence-corrected chi connectivity index (χ2v) is 5.45. The Hall–Kier alpha value is -3.81. The molecule has 0 N–H and O–H groups in total. The van der Waals surface area contributed by atoms with Crippen LogP contribution in [0.1, 0.15) is 16.2 Å². The monoisotopic (exact) mass is 347 g/mol. The van der Waals surface area contributed by atoms with Crippen LogP contribution in [-0.2, 0) is 0 Å². The fraction of sp³-hybridized carbons (Fsp3) is 0.0556. The highest BCUT2D eigenvalue weighted by Gasteiger charge is 2.12. The molecule has 4 aromatic rings. The van der Waals surface area contributed by atoms with Gasteiger partial charge in [-0.3, -0.25) is 0 Å². The molecule has 2 heterocycles. The first-order valence-electron chi connectivity index (χ1n) is 7.77. The van der Waals surface area contributed by atoms with Crippen molar-refractivity contribution < 1.29 is 14.1 Å². The van der Waals surface area contributed by atoms with Gasteiger partial charge in [0.2, 0.25) is 0 Å². The van der Waals surface area contributed by atoms with Crippen LogP contribution in [-0.4, -0.2) is 30.9 Å². The molecule has 128 valence electrons. The van der Waals surface area contributed by atoms with Gasteiger partial charge in [0, 0.05) is 11.6 Å². The van der Waals surface area contributed by atoms with Crippen LogP contribution in [0.4, 0.5) is 0 Å². The Morgan fingerprint density at radius 2 is 2.00 bits per heavy atom. The fourth-order valence-electron chi connectivity index (χ4n) is 2.36. The summed E-state index contributed by atoms with van der Waals surface area (Å²) in [5, 5.41) is 7.80. The molecule has 8 heteroatoms. The molecule has 2 aromatic carbocycles. The van der Waals surface area contributed by atoms with Gasteiger partial charge < -0.3 is 9.26 Å². The predicted molar refractivity (Wildman–Crippen MR) is 90.8 cm³/mol. The molecule has 0 saturated heterocycles. The van der Waals surface area contributed by atoms with Crippen molar-refractivity contribution in [1.29, 1.82) is 0 Å². The van der Waals surface area contributed by atoms with Crippen LogP contribution >= 0.6 is 0 Å². The molecule has 0 aliphatic rings. The van der Waals surface area contributed by atoms with Crippen molar-refractivity contribution in [2.24, 2.45) is 0 Å². The number of benzene rings is 2. The minimum atomic E-state index is -0.464. The van der Waals surface area contributed by atoms with E-state index in [-0.39, 0.29) is 0 Å². The fourth-order valence-corrected chi connectivity index (χ4v) is 2.36. The second kappa shape index (κ2) is 6.60. The van der Waals surface area contributed by atoms with Crippen molar-refractivity contribution in [3.05, 3.63) is 72.6 Å². The number of ether oxygens (including phenoxy) is 1. The van der Waals surface area contributed by atoms with Gasteiger partial charge in [0.1, 0.15) is 18.4 Å². The first-order valence-corrected chi connectivity index (χ1v) is 7.77. The second-order valence-electron chi connectivity index (χ2n) is 5.45. The van der Waals surface area contributed by atoms with Crippen LogP contribution in [0.2, 0.25) is 0 Å². The van der Waals surface area contributed by atoms with Gasteiger partial charge in [0.15, 0.2) is 5.82 Å². The molecule has 26 heavy (non-hydrogen) atoms. The van der Waals surface area contributed by atoms with Crippen LogP contribution < -0.4 is 4.74 Å². The first-order chi connectivity index (χ1) is 12.7. The SMILES string of the molecule is Cc1noc(-c2ccc(C(=O)Oc3cccc(-n4cncn4)c3)cc2)n1. The van der Waals surface area contributed by atoms with E-state index in [9.17, 15) is 4.79 Å². The molecule has 8 nitrogen and oxygen atoms in total. The molecule has 0 atom stereocenters. The molecular formula is C18H13N5O3. The Morgan fingerprint density at radius 3 is 2.69 bits per heavy atom. The van der Waals surface area contributed by atoms with E-state index in [1.54, 1.807) is 60.4 Å². The summed E-state index contributed by atoms with van der Waals surface area (Å²) in [5.74, 6) is 0.910. The van der Waals surface area contributed by atoms with Gasteiger partial charge in [-0.25, -0.2) is 14.5 Å². The molecule has 0 aliphatic heterocycles. The number of rotatable bonds is 4. The largest absolute Gasteiger partial charge is 0.423 e. The van der Waals surface area contributed by atoms with E-state index in [4.69, 9.17) is 9.26 Å². The Labute approximate surface area is 148 Å². The van der Waals surface area contributed by atoms with Gasteiger partial charge >= 0.3 is 5.97 Å². The molecular weight excluding hydrogens is 334 g/mol. The number of esters is 1. The van der Waals surface area contributed by atoms with Gasteiger partial charge in [-0.2, -0.15) is 10.1 Å². The van der Waals surface area contributed by atoms with Gasteiger partial charge in [-0.1, -0.05) is 11.2 Å². The van der Waals surface area contributed by atoms with Crippen molar-refractivity contribution in [3.63, 3.8) is 0 Å². The van der Waals surface area contributed by atoms with Crippen molar-refractivity contribution in [2.75, 3.05) is 0 Å². The summed E-state index contributed by atoms with van der Waals surface area (Å²) in [7, 11) is 0. The summed E-state index contributed by atoms with van der Waals surface area (Å²) < 4.78 is 12.1. The van der Waals surface area contributed by atoms with E-state index in [2.05, 4.69) is 20.2 Å². The predicted octanol–water partition coefficient (Wildman–Crippen LogP) is 2.84. The van der Waals surface area contributed by atoms with Gasteiger partial charge in [-0.05, 0) is 43.3 Å². The Kier molecular flexibility index (Phi) is 3.98. The zero-order chi connectivity index (χ0) is 17.9. The van der Waals surface area contributed by atoms with Crippen molar-refractivity contribution in [1.82, 2.24) is 24.9 Å². The lowest BCUT2D eigenvalue weighted by Gasteiger charge is -2.07. The Balaban J connectivity index is 1.51. The molecule has 2 aromatic heterocycles. The highest BCUT2D eigenvalue weighted by Crippen LogP contribution is 2.20. The smallest absolute Gasteiger partial charge is 0.343 e. The molecule has 0 spiro atoms. The topological polar surface area (TPSA) is 95.9 Å². The molecule has 0 bridgehead atoms. The van der Waals surface area contributed by atoms with Gasteiger partial charge in [-0.15, -0.1) is 0 Å². The Morgan fingerprint density at radius 1 is 1.15 bits per heavy atom. The maximum Gasteiger partial charge on any atom is 0.343 e. The number of aryl methyl sites for hydroxylation is 1. The average Bonchev–Trinajstić information content (AvgIpc) is 3.34. The maximum atomic E-state index is 12.4. The number of nitrogens with zero attached hydrogens (tertiary/aromatic N) is 5. The van der Waals surface area contributed by atoms with Crippen LogP contribution in [0.5, 0.6) is 5.75 Å². The minimum absolute atomic E-state index is 0.406. The highest BCUT2D eigenvalue weighted by atomic mass is 16.5. The minimum Gasteiger partial charge on any atom is -0.423 e. The molecule has 4 rings (SSSR count). The molecule has 0 radical (unpaired) electrons. The molecule has 0 fully saturated rings. The summed E-state index contributed by atoms with van der Waals surface area (Å²) >= 11 is 0. The summed E-state index contributed by atoms with van der Waals surface area (Å²) in [4.78, 5) is 20.4. The maximum absolute atomic E-state index is 12.4. The zero-order valence-electron chi connectivity index (χ0n) is 13.7. The number of hydrogen-bond acceptors (Lipinski definition) is 7. The quantitative estimate of drug-likeness (QED) is 0.414. The Bertz CT molecular complexity index is 1040. The van der Waals surface area contributed by atoms with E-state index in [0.29, 0.717) is 23.0 Å². The van der Waals surface area contributed by atoms with E-state index >= 15 is 0 Å². The number of aromatic nitrogens is 5. The van der Waals surface area contributed by atoms with E-state index in [1.165, 1.54) is 6.33 Å². The third-order valence-corrected chi connectivity index (χ3v) is 3.61. The van der Waals surface area contributed by atoms with E-state index in [0.717, 1.165) is 11.3 Å². The highest BCUT2D eigenvalue weighted by molar-refractivity contribution is 5.91. The number of carbonyl (C=O) groups is 1. The van der Waals surface area contributed by atoms with Gasteiger partial charge in [0.05, 0.1) is 11.3 Å². The van der Waals surface area contributed by atoms with Crippen molar-refractivity contribution in [3.8, 4) is 22.9 Å². The van der Waals surface area contributed by atoms with Crippen LogP contribution in [0.3, 0.4) is 0 Å². The van der Waals surface area contributed by atoms with Crippen LogP contribution in [0.15, 0.2) is 65.7 Å². The molecule has 0 unspecified atom stereocenters. The van der Waals surface area contributed by atoms with Crippen LogP contribution in [0.25, 0.3) is 17.1 Å². The van der Waals surface area contributed by atoms with Crippen LogP contribution in [0, 0.1) is 6.92 Å². The normalized spacial score (nSPS) is 10.7. The van der Waals surface area contributed by atoms with Crippen molar-refractivity contribution >= 4 is 5.97 Å². The zero-order valence-corrected chi connectivity index (χ0v) is 13.7.